The van der Waals surface area contributed by atoms with Gasteiger partial charge in [0, 0.05) is 12.8 Å². The minimum Gasteiger partial charge on any atom is -0.480 e. The van der Waals surface area contributed by atoms with E-state index in [-0.39, 0.29) is 24.5 Å². The number of aliphatic carboxylic acids is 1. The molecule has 2 N–H and O–H groups in total. The molecular weight excluding hydrogens is 622 g/mol. The summed E-state index contributed by atoms with van der Waals surface area (Å²) in [6.07, 6.45) is 49.4. The molecule has 0 saturated carbocycles. The molecule has 1 unspecified atom stereocenters. The summed E-state index contributed by atoms with van der Waals surface area (Å²) >= 11 is 0. The molecule has 6 nitrogen and oxygen atoms in total. The fraction of sp³-hybridized carbons (Fsp3) is 0.750. The van der Waals surface area contributed by atoms with E-state index in [2.05, 4.69) is 67.8 Å². The molecule has 0 aromatic carbocycles. The average molecular weight is 700 g/mol. The number of carbonyl (C=O) groups excluding carboxylic acids is 2. The third kappa shape index (κ3) is 38.2. The van der Waals surface area contributed by atoms with E-state index in [1.165, 1.54) is 83.5 Å². The average Bonchev–Trinajstić information content (AvgIpc) is 3.10. The fourth-order valence-electron chi connectivity index (χ4n) is 5.94. The second-order valence-electron chi connectivity index (χ2n) is 13.9. The minimum absolute atomic E-state index is 0.00992. The van der Waals surface area contributed by atoms with E-state index in [0.717, 1.165) is 89.9 Å². The van der Waals surface area contributed by atoms with Crippen LogP contribution in [0.1, 0.15) is 200 Å². The summed E-state index contributed by atoms with van der Waals surface area (Å²) in [6.45, 7) is 4.10. The van der Waals surface area contributed by atoms with Gasteiger partial charge in [-0.05, 0) is 89.9 Å². The maximum Gasteiger partial charge on any atom is 0.322 e. The first-order valence-corrected chi connectivity index (χ1v) is 20.8. The molecule has 6 heteroatoms. The molecule has 1 atom stereocenters. The molecule has 0 rings (SSSR count). The van der Waals surface area contributed by atoms with Gasteiger partial charge in [-0.2, -0.15) is 0 Å². The standard InChI is InChI=1S/C44H77NO5/c1-3-5-7-9-11-13-15-16-17-18-19-20-22-24-26-31-35-39-44(49)50-41(36-32-28-25-23-21-14-12-10-8-6-4-2)37-33-29-27-30-34-38-42(46)45-40-43(47)48/h5,7,11,13,16-17,23,25,41H,3-4,6,8-10,12,14-15,18-22,24,26-40H2,1-2H3,(H,45,46)(H,47,48)/b7-5-,13-11-,17-16-,25-23-. The lowest BCUT2D eigenvalue weighted by Crippen LogP contribution is -2.28. The van der Waals surface area contributed by atoms with E-state index >= 15 is 0 Å². The Kier molecular flexibility index (Phi) is 37.1. The molecule has 0 spiro atoms. The van der Waals surface area contributed by atoms with Gasteiger partial charge in [-0.3, -0.25) is 14.4 Å². The Hall–Kier alpha value is -2.63. The lowest BCUT2D eigenvalue weighted by molar-refractivity contribution is -0.150. The zero-order valence-electron chi connectivity index (χ0n) is 32.5. The van der Waals surface area contributed by atoms with Crippen molar-refractivity contribution in [2.75, 3.05) is 6.54 Å². The van der Waals surface area contributed by atoms with E-state index < -0.39 is 5.97 Å². The van der Waals surface area contributed by atoms with Crippen LogP contribution in [0.2, 0.25) is 0 Å². The maximum absolute atomic E-state index is 12.7. The van der Waals surface area contributed by atoms with Crippen molar-refractivity contribution in [2.45, 2.75) is 206 Å². The highest BCUT2D eigenvalue weighted by Gasteiger charge is 2.14. The van der Waals surface area contributed by atoms with Crippen LogP contribution in [0.25, 0.3) is 0 Å². The maximum atomic E-state index is 12.7. The molecule has 0 aliphatic heterocycles. The minimum atomic E-state index is -1.02. The first-order valence-electron chi connectivity index (χ1n) is 20.8. The normalized spacial score (nSPS) is 12.5. The summed E-state index contributed by atoms with van der Waals surface area (Å²) in [5, 5.41) is 11.1. The number of rotatable bonds is 37. The van der Waals surface area contributed by atoms with Crippen molar-refractivity contribution < 1.29 is 24.2 Å². The van der Waals surface area contributed by atoms with Gasteiger partial charge in [-0.25, -0.2) is 0 Å². The van der Waals surface area contributed by atoms with Crippen molar-refractivity contribution in [3.8, 4) is 0 Å². The van der Waals surface area contributed by atoms with Crippen LogP contribution >= 0.6 is 0 Å². The number of nitrogens with one attached hydrogen (secondary N) is 1. The summed E-state index contributed by atoms with van der Waals surface area (Å²) in [4.78, 5) is 35.0. The molecule has 0 heterocycles. The van der Waals surface area contributed by atoms with Gasteiger partial charge in [0.1, 0.15) is 12.6 Å². The molecule has 0 bridgehead atoms. The quantitative estimate of drug-likeness (QED) is 0.0382. The lowest BCUT2D eigenvalue weighted by atomic mass is 10.0. The van der Waals surface area contributed by atoms with Gasteiger partial charge < -0.3 is 15.2 Å². The Labute approximate surface area is 308 Å². The Balaban J connectivity index is 4.19. The highest BCUT2D eigenvalue weighted by atomic mass is 16.5. The van der Waals surface area contributed by atoms with Crippen LogP contribution in [-0.4, -0.2) is 35.6 Å². The number of carboxylic acids is 1. The van der Waals surface area contributed by atoms with E-state index in [1.807, 2.05) is 0 Å². The number of allylic oxidation sites excluding steroid dienone is 8. The number of esters is 1. The van der Waals surface area contributed by atoms with Gasteiger partial charge in [-0.1, -0.05) is 146 Å². The topological polar surface area (TPSA) is 92.7 Å². The van der Waals surface area contributed by atoms with Gasteiger partial charge in [0.15, 0.2) is 0 Å². The first-order chi connectivity index (χ1) is 24.5. The molecule has 0 aromatic heterocycles. The molecule has 1 amide bonds. The van der Waals surface area contributed by atoms with Crippen molar-refractivity contribution in [3.05, 3.63) is 48.6 Å². The van der Waals surface area contributed by atoms with Gasteiger partial charge in [0.2, 0.25) is 5.91 Å². The zero-order valence-corrected chi connectivity index (χ0v) is 32.5. The van der Waals surface area contributed by atoms with Crippen LogP contribution in [0.4, 0.5) is 0 Å². The predicted molar refractivity (Wildman–Crippen MR) is 212 cm³/mol. The Morgan fingerprint density at radius 1 is 0.540 bits per heavy atom. The number of hydrogen-bond acceptors (Lipinski definition) is 4. The predicted octanol–water partition coefficient (Wildman–Crippen LogP) is 12.7. The Morgan fingerprint density at radius 3 is 1.60 bits per heavy atom. The highest BCUT2D eigenvalue weighted by molar-refractivity contribution is 5.80. The van der Waals surface area contributed by atoms with Crippen molar-refractivity contribution in [3.63, 3.8) is 0 Å². The second-order valence-corrected chi connectivity index (χ2v) is 13.9. The van der Waals surface area contributed by atoms with Gasteiger partial charge in [-0.15, -0.1) is 0 Å². The third-order valence-electron chi connectivity index (χ3n) is 8.98. The van der Waals surface area contributed by atoms with E-state index in [4.69, 9.17) is 9.84 Å². The van der Waals surface area contributed by atoms with Crippen LogP contribution in [0.3, 0.4) is 0 Å². The molecule has 0 radical (unpaired) electrons. The third-order valence-corrected chi connectivity index (χ3v) is 8.98. The summed E-state index contributed by atoms with van der Waals surface area (Å²) < 4.78 is 6.00. The molecule has 0 fully saturated rings. The van der Waals surface area contributed by atoms with Crippen LogP contribution in [-0.2, 0) is 19.1 Å². The molecule has 0 saturated heterocycles. The van der Waals surface area contributed by atoms with Crippen molar-refractivity contribution in [1.29, 1.82) is 0 Å². The van der Waals surface area contributed by atoms with E-state index in [9.17, 15) is 14.4 Å². The smallest absolute Gasteiger partial charge is 0.322 e. The van der Waals surface area contributed by atoms with Crippen molar-refractivity contribution in [1.82, 2.24) is 5.32 Å². The summed E-state index contributed by atoms with van der Waals surface area (Å²) in [5.74, 6) is -1.26. The number of carboxylic acid groups (broad SMARTS) is 1. The molecule has 288 valence electrons. The number of hydrogen-bond donors (Lipinski definition) is 2. The number of amides is 1. The molecule has 50 heavy (non-hydrogen) atoms. The number of ether oxygens (including phenoxy) is 1. The zero-order chi connectivity index (χ0) is 36.6. The van der Waals surface area contributed by atoms with Crippen molar-refractivity contribution >= 4 is 17.8 Å². The second kappa shape index (κ2) is 39.2. The monoisotopic (exact) mass is 700 g/mol. The summed E-state index contributed by atoms with van der Waals surface area (Å²) in [6, 6.07) is 0. The first kappa shape index (κ1) is 47.4. The SMILES string of the molecule is CC/C=C\C/C=C\C/C=C\CCCCCCCCCC(=O)OC(CCC/C=C\CCCCCCCC)CCCCCCCC(=O)NCC(=O)O. The van der Waals surface area contributed by atoms with Gasteiger partial charge >= 0.3 is 11.9 Å². The van der Waals surface area contributed by atoms with E-state index in [1.54, 1.807) is 0 Å². The Morgan fingerprint density at radius 2 is 1.00 bits per heavy atom. The van der Waals surface area contributed by atoms with Gasteiger partial charge in [0.05, 0.1) is 0 Å². The van der Waals surface area contributed by atoms with Crippen LogP contribution in [0.5, 0.6) is 0 Å². The molecule has 0 aliphatic carbocycles. The molecule has 0 aromatic rings. The summed E-state index contributed by atoms with van der Waals surface area (Å²) in [5.41, 5.74) is 0. The highest BCUT2D eigenvalue weighted by Crippen LogP contribution is 2.18. The molecule has 0 aliphatic rings. The lowest BCUT2D eigenvalue weighted by Gasteiger charge is -2.18. The molecular formula is C44H77NO5. The van der Waals surface area contributed by atoms with Crippen LogP contribution < -0.4 is 5.32 Å². The van der Waals surface area contributed by atoms with Crippen LogP contribution in [0, 0.1) is 0 Å². The van der Waals surface area contributed by atoms with Gasteiger partial charge in [0.25, 0.3) is 0 Å². The number of carbonyl (C=O) groups is 3. The van der Waals surface area contributed by atoms with E-state index in [0.29, 0.717) is 12.8 Å². The van der Waals surface area contributed by atoms with Crippen molar-refractivity contribution in [2.24, 2.45) is 0 Å². The summed E-state index contributed by atoms with van der Waals surface area (Å²) in [7, 11) is 0. The van der Waals surface area contributed by atoms with Crippen LogP contribution in [0.15, 0.2) is 48.6 Å². The largest absolute Gasteiger partial charge is 0.480 e. The number of unbranched alkanes of at least 4 members (excludes halogenated alkanes) is 18. The fourth-order valence-corrected chi connectivity index (χ4v) is 5.94. The Bertz CT molecular complexity index is 906.